The Bertz CT molecular complexity index is 548. The molecule has 22 heavy (non-hydrogen) atoms. The molecule has 0 atom stereocenters. The topological polar surface area (TPSA) is 50.8 Å². The van der Waals surface area contributed by atoms with E-state index < -0.39 is 5.79 Å². The first-order valence-electron chi connectivity index (χ1n) is 7.64. The van der Waals surface area contributed by atoms with Crippen LogP contribution in [0.2, 0.25) is 5.02 Å². The molecule has 0 aromatic heterocycles. The molecule has 3 rings (SSSR count). The van der Waals surface area contributed by atoms with E-state index in [1.165, 1.54) is 0 Å². The van der Waals surface area contributed by atoms with E-state index in [2.05, 4.69) is 5.32 Å². The third kappa shape index (κ3) is 3.37. The second-order valence-electron chi connectivity index (χ2n) is 5.81. The van der Waals surface area contributed by atoms with Crippen LogP contribution in [0.15, 0.2) is 18.2 Å². The minimum atomic E-state index is -0.436. The second-order valence-corrected chi connectivity index (χ2v) is 6.21. The van der Waals surface area contributed by atoms with Crippen LogP contribution in [-0.2, 0) is 14.3 Å². The number of hydrogen-bond donors (Lipinski definition) is 1. The monoisotopic (exact) mass is 324 g/mol. The number of carbonyl (C=O) groups is 1. The molecule has 1 aromatic rings. The highest BCUT2D eigenvalue weighted by Crippen LogP contribution is 2.31. The summed E-state index contributed by atoms with van der Waals surface area (Å²) in [5.74, 6) is -0.348. The number of likely N-dealkylation sites (tertiary alicyclic amines) is 1. The van der Waals surface area contributed by atoms with Crippen LogP contribution in [0.5, 0.6) is 0 Å². The minimum absolute atomic E-state index is 0.0875. The van der Waals surface area contributed by atoms with Gasteiger partial charge in [0.1, 0.15) is 0 Å². The number of anilines is 1. The number of hydrogen-bond acceptors (Lipinski definition) is 4. The molecular weight excluding hydrogens is 304 g/mol. The summed E-state index contributed by atoms with van der Waals surface area (Å²) in [4.78, 5) is 14.1. The van der Waals surface area contributed by atoms with Crippen LogP contribution < -0.4 is 5.32 Å². The zero-order valence-electron chi connectivity index (χ0n) is 12.7. The summed E-state index contributed by atoms with van der Waals surface area (Å²) in [6.45, 7) is 4.89. The first-order chi connectivity index (χ1) is 10.6. The molecule has 6 heteroatoms. The van der Waals surface area contributed by atoms with Crippen molar-refractivity contribution in [2.75, 3.05) is 38.2 Å². The number of ether oxygens (including phenoxy) is 2. The first kappa shape index (κ1) is 15.6. The van der Waals surface area contributed by atoms with Gasteiger partial charge in [0.05, 0.1) is 19.8 Å². The molecule has 2 saturated heterocycles. The second kappa shape index (κ2) is 6.44. The lowest BCUT2D eigenvalue weighted by molar-refractivity contribution is -0.187. The van der Waals surface area contributed by atoms with Gasteiger partial charge in [0.15, 0.2) is 5.79 Å². The van der Waals surface area contributed by atoms with E-state index >= 15 is 0 Å². The van der Waals surface area contributed by atoms with Gasteiger partial charge < -0.3 is 19.7 Å². The van der Waals surface area contributed by atoms with E-state index in [0.29, 0.717) is 31.3 Å². The quantitative estimate of drug-likeness (QED) is 0.927. The summed E-state index contributed by atoms with van der Waals surface area (Å²) in [5.41, 5.74) is 1.89. The lowest BCUT2D eigenvalue weighted by atomic mass is 10.0. The SMILES string of the molecule is Cc1ccc(NCC(=O)N2CCC3(CC2)OCCO3)cc1Cl. The predicted octanol–water partition coefficient (Wildman–Crippen LogP) is 2.43. The van der Waals surface area contributed by atoms with Gasteiger partial charge >= 0.3 is 0 Å². The van der Waals surface area contributed by atoms with Crippen molar-refractivity contribution in [2.24, 2.45) is 0 Å². The van der Waals surface area contributed by atoms with Crippen LogP contribution in [0.1, 0.15) is 18.4 Å². The molecule has 0 aliphatic carbocycles. The summed E-state index contributed by atoms with van der Waals surface area (Å²) in [7, 11) is 0. The Hall–Kier alpha value is -1.30. The number of piperidine rings is 1. The molecule has 0 unspecified atom stereocenters. The van der Waals surface area contributed by atoms with E-state index in [1.807, 2.05) is 30.0 Å². The van der Waals surface area contributed by atoms with Gasteiger partial charge in [-0.25, -0.2) is 0 Å². The molecule has 2 aliphatic heterocycles. The molecule has 1 aromatic carbocycles. The van der Waals surface area contributed by atoms with Crippen molar-refractivity contribution in [3.05, 3.63) is 28.8 Å². The third-order valence-electron chi connectivity index (χ3n) is 4.31. The molecule has 2 aliphatic rings. The molecule has 1 spiro atoms. The van der Waals surface area contributed by atoms with Gasteiger partial charge in [0, 0.05) is 36.6 Å². The Kier molecular flexibility index (Phi) is 4.57. The number of amides is 1. The van der Waals surface area contributed by atoms with Gasteiger partial charge in [-0.05, 0) is 24.6 Å². The largest absolute Gasteiger partial charge is 0.376 e. The molecule has 5 nitrogen and oxygen atoms in total. The van der Waals surface area contributed by atoms with Crippen molar-refractivity contribution in [1.82, 2.24) is 4.90 Å². The summed E-state index contributed by atoms with van der Waals surface area (Å²) >= 11 is 6.08. The third-order valence-corrected chi connectivity index (χ3v) is 4.71. The zero-order chi connectivity index (χ0) is 15.6. The Balaban J connectivity index is 1.49. The van der Waals surface area contributed by atoms with Crippen molar-refractivity contribution in [1.29, 1.82) is 0 Å². The number of rotatable bonds is 3. The van der Waals surface area contributed by atoms with Gasteiger partial charge in [-0.2, -0.15) is 0 Å². The number of benzene rings is 1. The van der Waals surface area contributed by atoms with Gasteiger partial charge in [-0.3, -0.25) is 4.79 Å². The molecule has 0 saturated carbocycles. The lowest BCUT2D eigenvalue weighted by Crippen LogP contribution is -2.48. The van der Waals surface area contributed by atoms with Gasteiger partial charge in [0.25, 0.3) is 0 Å². The average molecular weight is 325 g/mol. The molecule has 1 N–H and O–H groups in total. The Labute approximate surface area is 135 Å². The highest BCUT2D eigenvalue weighted by molar-refractivity contribution is 6.31. The fourth-order valence-corrected chi connectivity index (χ4v) is 3.06. The van der Waals surface area contributed by atoms with Gasteiger partial charge in [0.2, 0.25) is 5.91 Å². The lowest BCUT2D eigenvalue weighted by Gasteiger charge is -2.37. The smallest absolute Gasteiger partial charge is 0.241 e. The van der Waals surface area contributed by atoms with Gasteiger partial charge in [-0.15, -0.1) is 0 Å². The summed E-state index contributed by atoms with van der Waals surface area (Å²) in [6, 6.07) is 5.71. The number of nitrogens with one attached hydrogen (secondary N) is 1. The maximum absolute atomic E-state index is 12.3. The predicted molar refractivity (Wildman–Crippen MR) is 85.1 cm³/mol. The van der Waals surface area contributed by atoms with Crippen molar-refractivity contribution in [3.8, 4) is 0 Å². The molecule has 120 valence electrons. The summed E-state index contributed by atoms with van der Waals surface area (Å²) < 4.78 is 11.3. The molecule has 1 amide bonds. The number of aryl methyl sites for hydroxylation is 1. The van der Waals surface area contributed by atoms with Crippen LogP contribution in [0.4, 0.5) is 5.69 Å². The molecule has 0 radical (unpaired) electrons. The van der Waals surface area contributed by atoms with Crippen LogP contribution in [-0.4, -0.2) is 49.4 Å². The Morgan fingerprint density at radius 1 is 1.32 bits per heavy atom. The van der Waals surface area contributed by atoms with Crippen molar-refractivity contribution >= 4 is 23.2 Å². The van der Waals surface area contributed by atoms with Gasteiger partial charge in [-0.1, -0.05) is 17.7 Å². The first-order valence-corrected chi connectivity index (χ1v) is 8.01. The van der Waals surface area contributed by atoms with Crippen LogP contribution >= 0.6 is 11.6 Å². The summed E-state index contributed by atoms with van der Waals surface area (Å²) in [6.07, 6.45) is 1.49. The summed E-state index contributed by atoms with van der Waals surface area (Å²) in [5, 5.41) is 3.83. The maximum Gasteiger partial charge on any atom is 0.241 e. The van der Waals surface area contributed by atoms with E-state index in [9.17, 15) is 4.79 Å². The Morgan fingerprint density at radius 2 is 2.00 bits per heavy atom. The van der Waals surface area contributed by atoms with Crippen LogP contribution in [0.3, 0.4) is 0 Å². The van der Waals surface area contributed by atoms with Crippen LogP contribution in [0, 0.1) is 6.92 Å². The van der Waals surface area contributed by atoms with Crippen molar-refractivity contribution in [3.63, 3.8) is 0 Å². The molecule has 2 heterocycles. The molecule has 2 fully saturated rings. The Morgan fingerprint density at radius 3 is 2.64 bits per heavy atom. The number of nitrogens with zero attached hydrogens (tertiary/aromatic N) is 1. The zero-order valence-corrected chi connectivity index (χ0v) is 13.5. The van der Waals surface area contributed by atoms with E-state index in [0.717, 1.165) is 24.1 Å². The molecular formula is C16H21ClN2O3. The fourth-order valence-electron chi connectivity index (χ4n) is 2.87. The van der Waals surface area contributed by atoms with E-state index in [1.54, 1.807) is 0 Å². The van der Waals surface area contributed by atoms with E-state index in [-0.39, 0.29) is 12.5 Å². The van der Waals surface area contributed by atoms with Crippen LogP contribution in [0.25, 0.3) is 0 Å². The maximum atomic E-state index is 12.3. The highest BCUT2D eigenvalue weighted by atomic mass is 35.5. The normalized spacial score (nSPS) is 20.4. The number of carbonyl (C=O) groups excluding carboxylic acids is 1. The number of halogens is 1. The van der Waals surface area contributed by atoms with Crippen molar-refractivity contribution < 1.29 is 14.3 Å². The minimum Gasteiger partial charge on any atom is -0.376 e. The molecule has 0 bridgehead atoms. The standard InChI is InChI=1S/C16H21ClN2O3/c1-12-2-3-13(10-14(12)17)18-11-15(20)19-6-4-16(5-7-19)21-8-9-22-16/h2-3,10,18H,4-9,11H2,1H3. The average Bonchev–Trinajstić information content (AvgIpc) is 2.97. The highest BCUT2D eigenvalue weighted by Gasteiger charge is 2.40. The van der Waals surface area contributed by atoms with Crippen molar-refractivity contribution in [2.45, 2.75) is 25.6 Å². The van der Waals surface area contributed by atoms with E-state index in [4.69, 9.17) is 21.1 Å². The fraction of sp³-hybridized carbons (Fsp3) is 0.562.